The fourth-order valence-corrected chi connectivity index (χ4v) is 3.56. The first-order chi connectivity index (χ1) is 12.3. The Morgan fingerprint density at radius 1 is 1.15 bits per heavy atom. The van der Waals surface area contributed by atoms with Crippen LogP contribution >= 0.6 is 0 Å². The molecule has 0 radical (unpaired) electrons. The molecule has 0 aromatic heterocycles. The molecule has 0 heterocycles. The van der Waals surface area contributed by atoms with Crippen molar-refractivity contribution in [2.24, 2.45) is 0 Å². The average molecular weight is 380 g/mol. The predicted molar refractivity (Wildman–Crippen MR) is 96.0 cm³/mol. The zero-order valence-electron chi connectivity index (χ0n) is 14.6. The smallest absolute Gasteiger partial charge is 0.241 e. The number of sulfonamides is 1. The Bertz CT molecular complexity index is 867. The van der Waals surface area contributed by atoms with Gasteiger partial charge in [0.1, 0.15) is 11.6 Å². The van der Waals surface area contributed by atoms with Crippen LogP contribution in [0.2, 0.25) is 0 Å². The maximum absolute atomic E-state index is 12.8. The van der Waals surface area contributed by atoms with Crippen molar-refractivity contribution < 1.29 is 22.3 Å². The van der Waals surface area contributed by atoms with Crippen LogP contribution in [0.25, 0.3) is 0 Å². The molecule has 0 fully saturated rings. The molecule has 0 spiro atoms. The number of methoxy groups -OCH3 is 1. The Kier molecular flexibility index (Phi) is 6.70. The molecule has 0 aliphatic carbocycles. The van der Waals surface area contributed by atoms with Gasteiger partial charge in [-0.1, -0.05) is 12.1 Å². The number of carbonyl (C=O) groups excluding carboxylic acids is 1. The topological polar surface area (TPSA) is 84.5 Å². The van der Waals surface area contributed by atoms with Crippen molar-refractivity contribution in [3.05, 3.63) is 59.4 Å². The van der Waals surface area contributed by atoms with Crippen molar-refractivity contribution in [1.29, 1.82) is 0 Å². The number of carbonyl (C=O) groups is 1. The van der Waals surface area contributed by atoms with E-state index in [1.54, 1.807) is 31.2 Å². The van der Waals surface area contributed by atoms with Crippen LogP contribution in [-0.2, 0) is 21.2 Å². The zero-order chi connectivity index (χ0) is 19.2. The summed E-state index contributed by atoms with van der Waals surface area (Å²) in [5.74, 6) is -0.206. The molecule has 0 aliphatic heterocycles. The van der Waals surface area contributed by atoms with Gasteiger partial charge < -0.3 is 10.1 Å². The number of nitrogens with one attached hydrogen (secondary N) is 2. The Morgan fingerprint density at radius 3 is 2.46 bits per heavy atom. The van der Waals surface area contributed by atoms with Gasteiger partial charge in [0.15, 0.2) is 0 Å². The summed E-state index contributed by atoms with van der Waals surface area (Å²) in [7, 11) is -2.30. The quantitative estimate of drug-likeness (QED) is 0.731. The second-order valence-electron chi connectivity index (χ2n) is 5.68. The van der Waals surface area contributed by atoms with Crippen LogP contribution < -0.4 is 14.8 Å². The van der Waals surface area contributed by atoms with Crippen LogP contribution in [0.5, 0.6) is 5.75 Å². The summed E-state index contributed by atoms with van der Waals surface area (Å²) in [4.78, 5) is 11.9. The molecule has 0 atom stereocenters. The molecular formula is C18H21FN2O4S. The highest BCUT2D eigenvalue weighted by Crippen LogP contribution is 2.20. The molecule has 0 unspecified atom stereocenters. The van der Waals surface area contributed by atoms with E-state index in [1.807, 2.05) is 0 Å². The standard InChI is InChI=1S/C18H21FN2O4S/c1-13-11-16(25-2)7-8-17(13)26(23,24)21-12-18(22)20-10-9-14-3-5-15(19)6-4-14/h3-8,11,21H,9-10,12H2,1-2H3,(H,20,22). The number of ether oxygens (including phenoxy) is 1. The van der Waals surface area contributed by atoms with Gasteiger partial charge in [-0.15, -0.1) is 0 Å². The van der Waals surface area contributed by atoms with Gasteiger partial charge in [0.05, 0.1) is 18.6 Å². The maximum Gasteiger partial charge on any atom is 0.241 e. The van der Waals surface area contributed by atoms with Crippen molar-refractivity contribution in [2.75, 3.05) is 20.2 Å². The first kappa shape index (κ1) is 19.9. The summed E-state index contributed by atoms with van der Waals surface area (Å²) in [5, 5.41) is 2.62. The van der Waals surface area contributed by atoms with E-state index in [2.05, 4.69) is 10.0 Å². The molecule has 0 saturated heterocycles. The third-order valence-corrected chi connectivity index (χ3v) is 5.30. The first-order valence-electron chi connectivity index (χ1n) is 7.97. The predicted octanol–water partition coefficient (Wildman–Crippen LogP) is 1.78. The molecule has 8 heteroatoms. The molecule has 2 N–H and O–H groups in total. The van der Waals surface area contributed by atoms with Gasteiger partial charge in [-0.3, -0.25) is 4.79 Å². The monoisotopic (exact) mass is 380 g/mol. The fourth-order valence-electron chi connectivity index (χ4n) is 2.35. The van der Waals surface area contributed by atoms with Crippen LogP contribution in [0.1, 0.15) is 11.1 Å². The van der Waals surface area contributed by atoms with E-state index in [0.717, 1.165) is 5.56 Å². The molecular weight excluding hydrogens is 359 g/mol. The summed E-state index contributed by atoms with van der Waals surface area (Å²) in [6.07, 6.45) is 0.524. The van der Waals surface area contributed by atoms with Gasteiger partial charge in [0, 0.05) is 6.54 Å². The minimum Gasteiger partial charge on any atom is -0.497 e. The Labute approximate surface area is 152 Å². The van der Waals surface area contributed by atoms with E-state index in [4.69, 9.17) is 4.74 Å². The van der Waals surface area contributed by atoms with Gasteiger partial charge >= 0.3 is 0 Å². The molecule has 140 valence electrons. The van der Waals surface area contributed by atoms with E-state index in [1.165, 1.54) is 25.3 Å². The van der Waals surface area contributed by atoms with Gasteiger partial charge in [0.2, 0.25) is 15.9 Å². The lowest BCUT2D eigenvalue weighted by atomic mass is 10.1. The van der Waals surface area contributed by atoms with Gasteiger partial charge in [-0.2, -0.15) is 0 Å². The third-order valence-electron chi connectivity index (χ3n) is 3.74. The van der Waals surface area contributed by atoms with E-state index < -0.39 is 15.9 Å². The van der Waals surface area contributed by atoms with Crippen molar-refractivity contribution in [3.8, 4) is 5.75 Å². The van der Waals surface area contributed by atoms with Gasteiger partial charge in [-0.05, 0) is 54.8 Å². The Hall–Kier alpha value is -2.45. The van der Waals surface area contributed by atoms with E-state index >= 15 is 0 Å². The second kappa shape index (κ2) is 8.77. The lowest BCUT2D eigenvalue weighted by Gasteiger charge is -2.11. The van der Waals surface area contributed by atoms with Crippen molar-refractivity contribution in [1.82, 2.24) is 10.0 Å². The van der Waals surface area contributed by atoms with Crippen molar-refractivity contribution in [2.45, 2.75) is 18.2 Å². The van der Waals surface area contributed by atoms with Crippen LogP contribution in [0.4, 0.5) is 4.39 Å². The Morgan fingerprint density at radius 2 is 1.85 bits per heavy atom. The minimum atomic E-state index is -3.80. The zero-order valence-corrected chi connectivity index (χ0v) is 15.4. The van der Waals surface area contributed by atoms with Crippen LogP contribution in [0, 0.1) is 12.7 Å². The summed E-state index contributed by atoms with van der Waals surface area (Å²) < 4.78 is 44.8. The lowest BCUT2D eigenvalue weighted by Crippen LogP contribution is -2.37. The number of halogens is 1. The highest BCUT2D eigenvalue weighted by molar-refractivity contribution is 7.89. The summed E-state index contributed by atoms with van der Waals surface area (Å²) in [6, 6.07) is 10.6. The summed E-state index contributed by atoms with van der Waals surface area (Å²) >= 11 is 0. The number of aryl methyl sites for hydroxylation is 1. The van der Waals surface area contributed by atoms with Gasteiger partial charge in [0.25, 0.3) is 0 Å². The highest BCUT2D eigenvalue weighted by Gasteiger charge is 2.18. The molecule has 0 bridgehead atoms. The van der Waals surface area contributed by atoms with E-state index in [0.29, 0.717) is 24.3 Å². The molecule has 1 amide bonds. The molecule has 6 nitrogen and oxygen atoms in total. The normalized spacial score (nSPS) is 11.2. The Balaban J connectivity index is 1.84. The average Bonchev–Trinajstić information content (AvgIpc) is 2.61. The molecule has 0 saturated carbocycles. The van der Waals surface area contributed by atoms with E-state index in [-0.39, 0.29) is 17.3 Å². The first-order valence-corrected chi connectivity index (χ1v) is 9.45. The van der Waals surface area contributed by atoms with Crippen LogP contribution in [0.3, 0.4) is 0 Å². The number of benzene rings is 2. The van der Waals surface area contributed by atoms with Gasteiger partial charge in [-0.25, -0.2) is 17.5 Å². The highest BCUT2D eigenvalue weighted by atomic mass is 32.2. The lowest BCUT2D eigenvalue weighted by molar-refractivity contribution is -0.119. The fraction of sp³-hybridized carbons (Fsp3) is 0.278. The van der Waals surface area contributed by atoms with Crippen molar-refractivity contribution in [3.63, 3.8) is 0 Å². The largest absolute Gasteiger partial charge is 0.497 e. The minimum absolute atomic E-state index is 0.0948. The number of amides is 1. The number of hydrogen-bond donors (Lipinski definition) is 2. The van der Waals surface area contributed by atoms with Crippen LogP contribution in [0.15, 0.2) is 47.4 Å². The third kappa shape index (κ3) is 5.53. The summed E-state index contributed by atoms with van der Waals surface area (Å²) in [6.45, 7) is 1.62. The number of hydrogen-bond acceptors (Lipinski definition) is 4. The SMILES string of the molecule is COc1ccc(S(=O)(=O)NCC(=O)NCCc2ccc(F)cc2)c(C)c1. The van der Waals surface area contributed by atoms with Crippen LogP contribution in [-0.4, -0.2) is 34.5 Å². The summed E-state index contributed by atoms with van der Waals surface area (Å²) in [5.41, 5.74) is 1.40. The molecule has 26 heavy (non-hydrogen) atoms. The molecule has 2 rings (SSSR count). The molecule has 2 aromatic rings. The van der Waals surface area contributed by atoms with E-state index in [9.17, 15) is 17.6 Å². The molecule has 2 aromatic carbocycles. The molecule has 0 aliphatic rings. The van der Waals surface area contributed by atoms with Crippen molar-refractivity contribution >= 4 is 15.9 Å². The number of rotatable bonds is 8. The second-order valence-corrected chi connectivity index (χ2v) is 7.42. The maximum atomic E-state index is 12.8.